The number of Topliss-reactive ketones (excluding diaryl/α,β-unsaturated/α-hetero) is 1. The van der Waals surface area contributed by atoms with Gasteiger partial charge in [0.15, 0.2) is 11.9 Å². The van der Waals surface area contributed by atoms with Crippen molar-refractivity contribution in [1.29, 1.82) is 0 Å². The molecular formula is C22H21F3N4O2. The zero-order valence-electron chi connectivity index (χ0n) is 16.8. The average Bonchev–Trinajstić information content (AvgIpc) is 3.33. The van der Waals surface area contributed by atoms with Crippen molar-refractivity contribution in [3.05, 3.63) is 58.4 Å². The van der Waals surface area contributed by atoms with Gasteiger partial charge < -0.3 is 10.6 Å². The van der Waals surface area contributed by atoms with E-state index in [-0.39, 0.29) is 18.1 Å². The van der Waals surface area contributed by atoms with Crippen molar-refractivity contribution in [3.63, 3.8) is 0 Å². The molecule has 1 unspecified atom stereocenters. The number of fused-ring (bicyclic) bond motifs is 1. The second-order valence-electron chi connectivity index (χ2n) is 8.62. The molecule has 1 fully saturated rings. The molecule has 31 heavy (non-hydrogen) atoms. The summed E-state index contributed by atoms with van der Waals surface area (Å²) in [5.74, 6) is -0.360. The summed E-state index contributed by atoms with van der Waals surface area (Å²) in [6.07, 6.45) is -2.23. The highest BCUT2D eigenvalue weighted by Crippen LogP contribution is 2.55. The first-order valence-corrected chi connectivity index (χ1v) is 10.3. The average molecular weight is 430 g/mol. The van der Waals surface area contributed by atoms with Crippen LogP contribution in [0.2, 0.25) is 0 Å². The van der Waals surface area contributed by atoms with E-state index in [0.29, 0.717) is 48.2 Å². The molecule has 0 saturated carbocycles. The van der Waals surface area contributed by atoms with Gasteiger partial charge in [0.2, 0.25) is 5.91 Å². The highest BCUT2D eigenvalue weighted by molar-refractivity contribution is 6.05. The minimum Gasteiger partial charge on any atom is -0.362 e. The minimum atomic E-state index is -4.50. The van der Waals surface area contributed by atoms with Gasteiger partial charge in [-0.25, -0.2) is 0 Å². The van der Waals surface area contributed by atoms with Crippen LogP contribution in [0.25, 0.3) is 0 Å². The summed E-state index contributed by atoms with van der Waals surface area (Å²) >= 11 is 0. The Morgan fingerprint density at radius 1 is 1.23 bits per heavy atom. The van der Waals surface area contributed by atoms with Crippen molar-refractivity contribution < 1.29 is 22.8 Å². The molecule has 1 aromatic rings. The number of hydrogen-bond donors (Lipinski definition) is 2. The Labute approximate surface area is 176 Å². The molecule has 1 aliphatic carbocycles. The van der Waals surface area contributed by atoms with Gasteiger partial charge in [0.25, 0.3) is 0 Å². The number of carbonyl (C=O) groups excluding carboxylic acids is 2. The lowest BCUT2D eigenvalue weighted by atomic mass is 9.58. The number of alkyl halides is 3. The van der Waals surface area contributed by atoms with Crippen LogP contribution < -0.4 is 10.6 Å². The molecule has 0 radical (unpaired) electrons. The SMILES string of the molecule is CC[C@@]1(c2cccc(C(F)(F)F)c2)C2=CN=NC2NC2=C1C(=O)C[C@]1(CCNC1=O)C2. The summed E-state index contributed by atoms with van der Waals surface area (Å²) < 4.78 is 40.5. The van der Waals surface area contributed by atoms with E-state index in [4.69, 9.17) is 0 Å². The topological polar surface area (TPSA) is 82.9 Å². The van der Waals surface area contributed by atoms with Gasteiger partial charge in [-0.3, -0.25) is 9.59 Å². The summed E-state index contributed by atoms with van der Waals surface area (Å²) in [4.78, 5) is 26.1. The number of allylic oxidation sites excluding steroid dienone is 2. The molecule has 6 nitrogen and oxygen atoms in total. The molecule has 1 saturated heterocycles. The van der Waals surface area contributed by atoms with Crippen LogP contribution in [0.15, 0.2) is 57.5 Å². The number of ketones is 1. The molecule has 5 rings (SSSR count). The Morgan fingerprint density at radius 2 is 2.03 bits per heavy atom. The first kappa shape index (κ1) is 20.0. The predicted octanol–water partition coefficient (Wildman–Crippen LogP) is 3.76. The zero-order chi connectivity index (χ0) is 22.0. The van der Waals surface area contributed by atoms with Gasteiger partial charge in [-0.05, 0) is 24.5 Å². The lowest BCUT2D eigenvalue weighted by molar-refractivity contribution is -0.137. The van der Waals surface area contributed by atoms with Crippen LogP contribution in [0, 0.1) is 5.41 Å². The Bertz CT molecular complexity index is 1090. The van der Waals surface area contributed by atoms with Gasteiger partial charge in [0.05, 0.1) is 22.6 Å². The summed E-state index contributed by atoms with van der Waals surface area (Å²) in [6, 6.07) is 5.15. The Balaban J connectivity index is 1.73. The molecule has 3 heterocycles. The Kier molecular flexibility index (Phi) is 4.19. The van der Waals surface area contributed by atoms with Crippen LogP contribution in [0.1, 0.15) is 43.7 Å². The van der Waals surface area contributed by atoms with Crippen molar-refractivity contribution >= 4 is 11.7 Å². The Hall–Kier alpha value is -2.97. The molecule has 0 aromatic heterocycles. The van der Waals surface area contributed by atoms with E-state index in [2.05, 4.69) is 20.9 Å². The maximum atomic E-state index is 13.6. The smallest absolute Gasteiger partial charge is 0.362 e. The second kappa shape index (κ2) is 6.51. The zero-order valence-corrected chi connectivity index (χ0v) is 16.8. The van der Waals surface area contributed by atoms with Gasteiger partial charge >= 0.3 is 6.18 Å². The van der Waals surface area contributed by atoms with Crippen LogP contribution in [0.3, 0.4) is 0 Å². The second-order valence-corrected chi connectivity index (χ2v) is 8.62. The van der Waals surface area contributed by atoms with E-state index in [9.17, 15) is 22.8 Å². The molecule has 1 spiro atoms. The number of amides is 1. The molecule has 162 valence electrons. The third-order valence-electron chi connectivity index (χ3n) is 7.08. The molecule has 3 aliphatic heterocycles. The quantitative estimate of drug-likeness (QED) is 0.750. The number of benzene rings is 1. The van der Waals surface area contributed by atoms with E-state index in [1.807, 2.05) is 6.92 Å². The maximum absolute atomic E-state index is 13.6. The molecule has 4 aliphatic rings. The summed E-state index contributed by atoms with van der Waals surface area (Å²) in [6.45, 7) is 2.36. The number of rotatable bonds is 2. The summed E-state index contributed by atoms with van der Waals surface area (Å²) in [5.41, 5.74) is -0.574. The largest absolute Gasteiger partial charge is 0.416 e. The molecule has 0 bridgehead atoms. The lowest BCUT2D eigenvalue weighted by Crippen LogP contribution is -2.53. The van der Waals surface area contributed by atoms with Crippen molar-refractivity contribution in [3.8, 4) is 0 Å². The first-order valence-electron chi connectivity index (χ1n) is 10.3. The number of nitrogens with one attached hydrogen (secondary N) is 2. The van der Waals surface area contributed by atoms with Gasteiger partial charge in [0.1, 0.15) is 0 Å². The van der Waals surface area contributed by atoms with Crippen molar-refractivity contribution in [2.24, 2.45) is 15.6 Å². The van der Waals surface area contributed by atoms with Gasteiger partial charge in [-0.2, -0.15) is 23.4 Å². The third-order valence-corrected chi connectivity index (χ3v) is 7.08. The molecule has 3 atom stereocenters. The highest BCUT2D eigenvalue weighted by atomic mass is 19.4. The maximum Gasteiger partial charge on any atom is 0.416 e. The van der Waals surface area contributed by atoms with Crippen LogP contribution in [0.5, 0.6) is 0 Å². The molecular weight excluding hydrogens is 409 g/mol. The molecule has 1 aromatic carbocycles. The number of halogens is 3. The number of carbonyl (C=O) groups is 2. The van der Waals surface area contributed by atoms with E-state index >= 15 is 0 Å². The van der Waals surface area contributed by atoms with E-state index in [0.717, 1.165) is 12.1 Å². The first-order chi connectivity index (χ1) is 14.7. The minimum absolute atomic E-state index is 0.0479. The van der Waals surface area contributed by atoms with Crippen LogP contribution in [-0.4, -0.2) is 24.4 Å². The fraction of sp³-hybridized carbons (Fsp3) is 0.455. The van der Waals surface area contributed by atoms with Gasteiger partial charge in [-0.1, -0.05) is 25.1 Å². The van der Waals surface area contributed by atoms with Gasteiger partial charge in [-0.15, -0.1) is 0 Å². The summed E-state index contributed by atoms with van der Waals surface area (Å²) in [7, 11) is 0. The molecule has 9 heteroatoms. The van der Waals surface area contributed by atoms with E-state index in [1.54, 1.807) is 12.3 Å². The van der Waals surface area contributed by atoms with Gasteiger partial charge in [0, 0.05) is 36.2 Å². The molecule has 1 amide bonds. The van der Waals surface area contributed by atoms with E-state index < -0.39 is 28.7 Å². The fourth-order valence-corrected chi connectivity index (χ4v) is 5.64. The summed E-state index contributed by atoms with van der Waals surface area (Å²) in [5, 5.41) is 14.3. The van der Waals surface area contributed by atoms with Crippen LogP contribution in [-0.2, 0) is 21.2 Å². The predicted molar refractivity (Wildman–Crippen MR) is 105 cm³/mol. The third kappa shape index (κ3) is 2.71. The van der Waals surface area contributed by atoms with Crippen LogP contribution >= 0.6 is 0 Å². The monoisotopic (exact) mass is 430 g/mol. The normalized spacial score (nSPS) is 32.0. The number of hydrogen-bond acceptors (Lipinski definition) is 5. The Morgan fingerprint density at radius 3 is 2.71 bits per heavy atom. The van der Waals surface area contributed by atoms with Crippen molar-refractivity contribution in [1.82, 2.24) is 10.6 Å². The van der Waals surface area contributed by atoms with Crippen molar-refractivity contribution in [2.75, 3.05) is 6.54 Å². The number of azo groups is 1. The van der Waals surface area contributed by atoms with E-state index in [1.165, 1.54) is 6.07 Å². The number of nitrogens with zero attached hydrogens (tertiary/aromatic N) is 2. The molecule has 2 N–H and O–H groups in total. The fourth-order valence-electron chi connectivity index (χ4n) is 5.64. The standard InChI is InChI=1S/C22H21F3N4O2/c1-2-21(12-4-3-5-13(8-12)22(23,24)25)14-11-27-29-18(14)28-15-9-20(6-7-26-19(20)31)10-16(30)17(15)21/h3-5,8,11,18,28H,2,6-7,9-10H2,1H3,(H,26,31)/t18?,20-,21+/m0/s1. The lowest BCUT2D eigenvalue weighted by Gasteiger charge is -2.47. The van der Waals surface area contributed by atoms with Crippen molar-refractivity contribution in [2.45, 2.75) is 50.4 Å². The highest BCUT2D eigenvalue weighted by Gasteiger charge is 2.57. The van der Waals surface area contributed by atoms with Crippen LogP contribution in [0.4, 0.5) is 13.2 Å².